The molecule has 0 saturated carbocycles. The van der Waals surface area contributed by atoms with Crippen molar-refractivity contribution in [2.75, 3.05) is 0 Å². The van der Waals surface area contributed by atoms with E-state index in [0.717, 1.165) is 35.5 Å². The second-order valence-electron chi connectivity index (χ2n) is 5.22. The van der Waals surface area contributed by atoms with Gasteiger partial charge in [0, 0.05) is 17.3 Å². The van der Waals surface area contributed by atoms with E-state index in [0.29, 0.717) is 5.56 Å². The quantitative estimate of drug-likeness (QED) is 0.935. The van der Waals surface area contributed by atoms with Crippen molar-refractivity contribution in [2.45, 2.75) is 39.8 Å². The minimum atomic E-state index is -0.446. The second-order valence-corrected chi connectivity index (χ2v) is 5.22. The van der Waals surface area contributed by atoms with Crippen LogP contribution in [-0.2, 0) is 13.0 Å². The highest BCUT2D eigenvalue weighted by Crippen LogP contribution is 2.18. The van der Waals surface area contributed by atoms with Crippen LogP contribution in [0.1, 0.15) is 29.4 Å². The molecule has 0 bridgehead atoms. The van der Waals surface area contributed by atoms with Crippen molar-refractivity contribution in [3.05, 3.63) is 52.3 Å². The molecule has 1 aromatic carbocycles. The van der Waals surface area contributed by atoms with E-state index in [1.807, 2.05) is 20.8 Å². The van der Waals surface area contributed by atoms with Gasteiger partial charge < -0.3 is 5.73 Å². The molecule has 0 radical (unpaired) electrons. The molecule has 3 nitrogen and oxygen atoms in total. The molecule has 0 aliphatic heterocycles. The van der Waals surface area contributed by atoms with Crippen molar-refractivity contribution in [1.82, 2.24) is 9.78 Å². The van der Waals surface area contributed by atoms with Gasteiger partial charge in [0.15, 0.2) is 0 Å². The number of hydrogen-bond acceptors (Lipinski definition) is 2. The lowest BCUT2D eigenvalue weighted by atomic mass is 10.1. The molecule has 2 N–H and O–H groups in total. The molecule has 0 spiro atoms. The van der Waals surface area contributed by atoms with Crippen LogP contribution in [0.2, 0.25) is 0 Å². The molecular formula is C15H19F2N3. The monoisotopic (exact) mass is 279 g/mol. The van der Waals surface area contributed by atoms with Crippen LogP contribution in [0.3, 0.4) is 0 Å². The van der Waals surface area contributed by atoms with Gasteiger partial charge in [-0.2, -0.15) is 5.10 Å². The third-order valence-corrected chi connectivity index (χ3v) is 3.39. The Balaban J connectivity index is 2.32. The summed E-state index contributed by atoms with van der Waals surface area (Å²) in [5.41, 5.74) is 9.03. The Hall–Kier alpha value is -1.75. The Morgan fingerprint density at radius 3 is 2.65 bits per heavy atom. The minimum Gasteiger partial charge on any atom is -0.328 e. The van der Waals surface area contributed by atoms with Crippen molar-refractivity contribution in [3.63, 3.8) is 0 Å². The Morgan fingerprint density at radius 2 is 2.00 bits per heavy atom. The van der Waals surface area contributed by atoms with E-state index >= 15 is 0 Å². The summed E-state index contributed by atoms with van der Waals surface area (Å²) in [6, 6.07) is 3.49. The average Bonchev–Trinajstić information content (AvgIpc) is 2.61. The lowest BCUT2D eigenvalue weighted by molar-refractivity contribution is 0.561. The molecule has 2 rings (SSSR count). The first-order valence-electron chi connectivity index (χ1n) is 6.61. The van der Waals surface area contributed by atoms with E-state index in [9.17, 15) is 8.78 Å². The Bertz CT molecular complexity index is 618. The summed E-state index contributed by atoms with van der Waals surface area (Å²) in [5, 5.41) is 4.40. The van der Waals surface area contributed by atoms with Crippen LogP contribution in [0.15, 0.2) is 18.2 Å². The number of rotatable bonds is 4. The third-order valence-electron chi connectivity index (χ3n) is 3.39. The fourth-order valence-electron chi connectivity index (χ4n) is 2.33. The van der Waals surface area contributed by atoms with Crippen LogP contribution in [-0.4, -0.2) is 15.8 Å². The van der Waals surface area contributed by atoms with E-state index in [-0.39, 0.29) is 12.6 Å². The van der Waals surface area contributed by atoms with Crippen molar-refractivity contribution >= 4 is 0 Å². The molecule has 5 heteroatoms. The average molecular weight is 279 g/mol. The van der Waals surface area contributed by atoms with Crippen LogP contribution >= 0.6 is 0 Å². The van der Waals surface area contributed by atoms with Gasteiger partial charge in [0.25, 0.3) is 0 Å². The highest BCUT2D eigenvalue weighted by molar-refractivity contribution is 5.27. The van der Waals surface area contributed by atoms with Gasteiger partial charge in [0.2, 0.25) is 0 Å². The maximum atomic E-state index is 13.7. The normalized spacial score (nSPS) is 12.7. The number of nitrogens with two attached hydrogens (primary N) is 1. The first kappa shape index (κ1) is 14.7. The van der Waals surface area contributed by atoms with Gasteiger partial charge in [0.05, 0.1) is 12.2 Å². The van der Waals surface area contributed by atoms with Crippen molar-refractivity contribution in [3.8, 4) is 0 Å². The van der Waals surface area contributed by atoms with Crippen molar-refractivity contribution < 1.29 is 8.78 Å². The second kappa shape index (κ2) is 5.71. The zero-order valence-electron chi connectivity index (χ0n) is 12.0. The topological polar surface area (TPSA) is 43.8 Å². The lowest BCUT2D eigenvalue weighted by Gasteiger charge is -2.08. The van der Waals surface area contributed by atoms with E-state index in [2.05, 4.69) is 5.10 Å². The summed E-state index contributed by atoms with van der Waals surface area (Å²) in [4.78, 5) is 0. The Labute approximate surface area is 117 Å². The zero-order valence-corrected chi connectivity index (χ0v) is 12.0. The highest BCUT2D eigenvalue weighted by atomic mass is 19.1. The number of halogens is 2. The van der Waals surface area contributed by atoms with Crippen LogP contribution in [0, 0.1) is 25.5 Å². The number of aryl methyl sites for hydroxylation is 1. The molecule has 1 unspecified atom stereocenters. The van der Waals surface area contributed by atoms with E-state index in [1.54, 1.807) is 4.68 Å². The molecule has 20 heavy (non-hydrogen) atoms. The summed E-state index contributed by atoms with van der Waals surface area (Å²) in [5.74, 6) is -0.869. The largest absolute Gasteiger partial charge is 0.328 e. The molecular weight excluding hydrogens is 260 g/mol. The van der Waals surface area contributed by atoms with E-state index in [1.165, 1.54) is 6.07 Å². The predicted octanol–water partition coefficient (Wildman–Crippen LogP) is 2.72. The summed E-state index contributed by atoms with van der Waals surface area (Å²) in [6.07, 6.45) is 0.725. The highest BCUT2D eigenvalue weighted by Gasteiger charge is 2.14. The maximum absolute atomic E-state index is 13.7. The van der Waals surface area contributed by atoms with E-state index < -0.39 is 11.6 Å². The molecule has 2 aromatic rings. The van der Waals surface area contributed by atoms with Gasteiger partial charge in [-0.3, -0.25) is 4.68 Å². The van der Waals surface area contributed by atoms with Gasteiger partial charge in [-0.05, 0) is 51.0 Å². The van der Waals surface area contributed by atoms with Gasteiger partial charge in [0.1, 0.15) is 11.6 Å². The molecule has 1 heterocycles. The van der Waals surface area contributed by atoms with Crippen LogP contribution in [0.5, 0.6) is 0 Å². The molecule has 1 aromatic heterocycles. The zero-order chi connectivity index (χ0) is 14.9. The first-order valence-corrected chi connectivity index (χ1v) is 6.61. The molecule has 0 aliphatic rings. The van der Waals surface area contributed by atoms with Crippen LogP contribution in [0.4, 0.5) is 8.78 Å². The maximum Gasteiger partial charge on any atom is 0.128 e. The predicted molar refractivity (Wildman–Crippen MR) is 74.5 cm³/mol. The van der Waals surface area contributed by atoms with Gasteiger partial charge >= 0.3 is 0 Å². The summed E-state index contributed by atoms with van der Waals surface area (Å²) >= 11 is 0. The molecule has 0 aliphatic carbocycles. The van der Waals surface area contributed by atoms with Gasteiger partial charge in [-0.25, -0.2) is 8.78 Å². The number of benzene rings is 1. The van der Waals surface area contributed by atoms with Crippen molar-refractivity contribution in [2.24, 2.45) is 5.73 Å². The molecule has 1 atom stereocenters. The van der Waals surface area contributed by atoms with Gasteiger partial charge in [-0.1, -0.05) is 0 Å². The first-order chi connectivity index (χ1) is 9.38. The molecule has 0 saturated heterocycles. The minimum absolute atomic E-state index is 0.0379. The van der Waals surface area contributed by atoms with Crippen molar-refractivity contribution in [1.29, 1.82) is 0 Å². The SMILES string of the molecule is Cc1nn(Cc2cc(F)ccc2F)c(C)c1CC(C)N. The number of hydrogen-bond donors (Lipinski definition) is 1. The summed E-state index contributed by atoms with van der Waals surface area (Å²) in [6.45, 7) is 5.98. The van der Waals surface area contributed by atoms with E-state index in [4.69, 9.17) is 5.73 Å². The summed E-state index contributed by atoms with van der Waals surface area (Å²) < 4.78 is 28.6. The number of aromatic nitrogens is 2. The number of nitrogens with zero attached hydrogens (tertiary/aromatic N) is 2. The lowest BCUT2D eigenvalue weighted by Crippen LogP contribution is -2.18. The van der Waals surface area contributed by atoms with Crippen LogP contribution in [0.25, 0.3) is 0 Å². The molecule has 0 amide bonds. The third kappa shape index (κ3) is 3.04. The Morgan fingerprint density at radius 1 is 1.30 bits per heavy atom. The molecule has 108 valence electrons. The summed E-state index contributed by atoms with van der Waals surface area (Å²) in [7, 11) is 0. The fourth-order valence-corrected chi connectivity index (χ4v) is 2.33. The van der Waals surface area contributed by atoms with Gasteiger partial charge in [-0.15, -0.1) is 0 Å². The smallest absolute Gasteiger partial charge is 0.128 e. The molecule has 0 fully saturated rings. The standard InChI is InChI=1S/C15H19F2N3/c1-9(18)6-14-10(2)19-20(11(14)3)8-12-7-13(16)4-5-15(12)17/h4-5,7,9H,6,8,18H2,1-3H3. The van der Waals surface area contributed by atoms with Crippen LogP contribution < -0.4 is 5.73 Å². The Kier molecular flexibility index (Phi) is 4.18. The fraction of sp³-hybridized carbons (Fsp3) is 0.400.